The average molecular weight is 359 g/mol. The highest BCUT2D eigenvalue weighted by atomic mass is 16.5. The van der Waals surface area contributed by atoms with Crippen molar-refractivity contribution in [2.24, 2.45) is 11.1 Å². The zero-order valence-corrected chi connectivity index (χ0v) is 15.9. The fourth-order valence-corrected chi connectivity index (χ4v) is 3.96. The number of rotatable bonds is 4. The number of carbonyl (C=O) groups excluding carboxylic acids is 2. The summed E-state index contributed by atoms with van der Waals surface area (Å²) in [6, 6.07) is 9.25. The molecule has 1 aliphatic heterocycles. The Labute approximate surface area is 155 Å². The molecule has 0 spiro atoms. The molecule has 1 saturated heterocycles. The second kappa shape index (κ2) is 7.00. The van der Waals surface area contributed by atoms with Crippen molar-refractivity contribution >= 4 is 11.8 Å². The predicted molar refractivity (Wildman–Crippen MR) is 99.7 cm³/mol. The van der Waals surface area contributed by atoms with Crippen molar-refractivity contribution in [2.75, 3.05) is 32.8 Å². The van der Waals surface area contributed by atoms with Crippen LogP contribution in [0.5, 0.6) is 0 Å². The van der Waals surface area contributed by atoms with Crippen molar-refractivity contribution in [3.63, 3.8) is 0 Å². The molecule has 6 heteroatoms. The summed E-state index contributed by atoms with van der Waals surface area (Å²) >= 11 is 0. The van der Waals surface area contributed by atoms with Crippen molar-refractivity contribution in [3.8, 4) is 0 Å². The first kappa shape index (κ1) is 18.9. The summed E-state index contributed by atoms with van der Waals surface area (Å²) in [7, 11) is 0. The normalized spacial score (nSPS) is 27.8. The average Bonchev–Trinajstić information content (AvgIpc) is 2.67. The molecule has 2 N–H and O–H groups in total. The van der Waals surface area contributed by atoms with E-state index in [9.17, 15) is 9.59 Å². The Bertz CT molecular complexity index is 668. The van der Waals surface area contributed by atoms with E-state index >= 15 is 0 Å². The van der Waals surface area contributed by atoms with Gasteiger partial charge in [-0.2, -0.15) is 0 Å². The summed E-state index contributed by atoms with van der Waals surface area (Å²) in [5, 5.41) is 0. The number of carbonyl (C=O) groups is 2. The van der Waals surface area contributed by atoms with Gasteiger partial charge in [-0.3, -0.25) is 9.59 Å². The van der Waals surface area contributed by atoms with E-state index in [-0.39, 0.29) is 17.9 Å². The van der Waals surface area contributed by atoms with Crippen molar-refractivity contribution < 1.29 is 14.3 Å². The van der Waals surface area contributed by atoms with Crippen LogP contribution in [0.15, 0.2) is 30.3 Å². The molecular formula is C20H29N3O3. The Kier molecular flexibility index (Phi) is 5.08. The number of ether oxygens (including phenoxy) is 1. The Hall–Kier alpha value is -1.92. The second-order valence-corrected chi connectivity index (χ2v) is 7.79. The minimum absolute atomic E-state index is 0.0144. The van der Waals surface area contributed by atoms with Gasteiger partial charge < -0.3 is 20.3 Å². The van der Waals surface area contributed by atoms with E-state index < -0.39 is 11.0 Å². The van der Waals surface area contributed by atoms with E-state index in [1.165, 1.54) is 0 Å². The molecule has 2 unspecified atom stereocenters. The monoisotopic (exact) mass is 359 g/mol. The maximum atomic E-state index is 13.1. The summed E-state index contributed by atoms with van der Waals surface area (Å²) in [5.41, 5.74) is 5.91. The molecule has 2 amide bonds. The van der Waals surface area contributed by atoms with Gasteiger partial charge >= 0.3 is 0 Å². The molecule has 0 aromatic heterocycles. The van der Waals surface area contributed by atoms with Gasteiger partial charge in [-0.05, 0) is 19.1 Å². The number of amides is 2. The lowest BCUT2D eigenvalue weighted by Gasteiger charge is -2.59. The predicted octanol–water partition coefficient (Wildman–Crippen LogP) is 1.50. The molecule has 142 valence electrons. The highest BCUT2D eigenvalue weighted by Crippen LogP contribution is 2.50. The van der Waals surface area contributed by atoms with Crippen LogP contribution >= 0.6 is 0 Å². The minimum atomic E-state index is -0.890. The first-order valence-electron chi connectivity index (χ1n) is 9.35. The van der Waals surface area contributed by atoms with Gasteiger partial charge in [0.25, 0.3) is 5.91 Å². The van der Waals surface area contributed by atoms with Crippen LogP contribution in [0, 0.1) is 5.41 Å². The zero-order valence-electron chi connectivity index (χ0n) is 15.9. The summed E-state index contributed by atoms with van der Waals surface area (Å²) in [4.78, 5) is 29.2. The van der Waals surface area contributed by atoms with Gasteiger partial charge in [0.15, 0.2) is 0 Å². The van der Waals surface area contributed by atoms with Crippen LogP contribution in [0.3, 0.4) is 0 Å². The Morgan fingerprint density at radius 1 is 1.12 bits per heavy atom. The molecule has 2 atom stereocenters. The van der Waals surface area contributed by atoms with Crippen LogP contribution in [0.25, 0.3) is 0 Å². The third-order valence-corrected chi connectivity index (χ3v) is 6.09. The van der Waals surface area contributed by atoms with Crippen LogP contribution in [0.2, 0.25) is 0 Å². The van der Waals surface area contributed by atoms with Crippen LogP contribution in [-0.2, 0) is 9.53 Å². The van der Waals surface area contributed by atoms with E-state index in [1.807, 2.05) is 51.1 Å². The molecule has 2 fully saturated rings. The van der Waals surface area contributed by atoms with Crippen LogP contribution in [-0.4, -0.2) is 66.0 Å². The van der Waals surface area contributed by atoms with Gasteiger partial charge in [0.05, 0.1) is 6.10 Å². The Morgan fingerprint density at radius 3 is 2.23 bits per heavy atom. The van der Waals surface area contributed by atoms with Gasteiger partial charge in [0.1, 0.15) is 5.54 Å². The molecule has 1 saturated carbocycles. The molecule has 2 aliphatic rings. The molecule has 1 heterocycles. The summed E-state index contributed by atoms with van der Waals surface area (Å²) in [6.45, 7) is 8.69. The SMILES string of the molecule is CCOC1CC(N)(C(=O)N2CCN(C(=O)c3ccccc3)CC2)C1(C)C. The first-order valence-corrected chi connectivity index (χ1v) is 9.35. The van der Waals surface area contributed by atoms with Crippen molar-refractivity contribution in [2.45, 2.75) is 38.8 Å². The topological polar surface area (TPSA) is 75.9 Å². The van der Waals surface area contributed by atoms with E-state index in [4.69, 9.17) is 10.5 Å². The molecule has 1 aromatic carbocycles. The maximum absolute atomic E-state index is 13.1. The lowest BCUT2D eigenvalue weighted by Crippen LogP contribution is -2.76. The maximum Gasteiger partial charge on any atom is 0.253 e. The zero-order chi connectivity index (χ0) is 18.9. The molecule has 1 aliphatic carbocycles. The molecule has 3 rings (SSSR count). The third-order valence-electron chi connectivity index (χ3n) is 6.09. The quantitative estimate of drug-likeness (QED) is 0.884. The smallest absolute Gasteiger partial charge is 0.253 e. The molecule has 1 aromatic rings. The molecule has 26 heavy (non-hydrogen) atoms. The van der Waals surface area contributed by atoms with Gasteiger partial charge in [-0.25, -0.2) is 0 Å². The Balaban J connectivity index is 1.60. The van der Waals surface area contributed by atoms with Crippen LogP contribution in [0.4, 0.5) is 0 Å². The minimum Gasteiger partial charge on any atom is -0.378 e. The third kappa shape index (κ3) is 3.01. The van der Waals surface area contributed by atoms with E-state index in [1.54, 1.807) is 9.80 Å². The second-order valence-electron chi connectivity index (χ2n) is 7.79. The molecular weight excluding hydrogens is 330 g/mol. The highest BCUT2D eigenvalue weighted by Gasteiger charge is 2.63. The highest BCUT2D eigenvalue weighted by molar-refractivity contribution is 5.94. The van der Waals surface area contributed by atoms with Crippen molar-refractivity contribution in [1.29, 1.82) is 0 Å². The van der Waals surface area contributed by atoms with Crippen LogP contribution < -0.4 is 5.73 Å². The van der Waals surface area contributed by atoms with Gasteiger partial charge in [-0.15, -0.1) is 0 Å². The number of benzene rings is 1. The summed E-state index contributed by atoms with van der Waals surface area (Å²) in [6.07, 6.45) is 0.568. The lowest BCUT2D eigenvalue weighted by molar-refractivity contribution is -0.180. The van der Waals surface area contributed by atoms with Gasteiger partial charge in [-0.1, -0.05) is 32.0 Å². The standard InChI is InChI=1S/C20H29N3O3/c1-4-26-16-14-20(21,19(16,2)3)18(25)23-12-10-22(11-13-23)17(24)15-8-6-5-7-9-15/h5-9,16H,4,10-14,21H2,1-3H3. The van der Waals surface area contributed by atoms with Crippen molar-refractivity contribution in [1.82, 2.24) is 9.80 Å². The fourth-order valence-electron chi connectivity index (χ4n) is 3.96. The Morgan fingerprint density at radius 2 is 1.69 bits per heavy atom. The molecule has 0 bridgehead atoms. The lowest BCUT2D eigenvalue weighted by atomic mass is 9.54. The number of piperazine rings is 1. The summed E-state index contributed by atoms with van der Waals surface area (Å²) < 4.78 is 5.72. The number of nitrogens with zero attached hydrogens (tertiary/aromatic N) is 2. The number of hydrogen-bond acceptors (Lipinski definition) is 4. The van der Waals surface area contributed by atoms with Crippen LogP contribution in [0.1, 0.15) is 37.6 Å². The molecule has 6 nitrogen and oxygen atoms in total. The van der Waals surface area contributed by atoms with Crippen molar-refractivity contribution in [3.05, 3.63) is 35.9 Å². The van der Waals surface area contributed by atoms with E-state index in [0.717, 1.165) is 0 Å². The number of nitrogens with two attached hydrogens (primary N) is 1. The van der Waals surface area contributed by atoms with E-state index in [2.05, 4.69) is 0 Å². The van der Waals surface area contributed by atoms with Gasteiger partial charge in [0.2, 0.25) is 5.91 Å². The first-order chi connectivity index (χ1) is 12.3. The fraction of sp³-hybridized carbons (Fsp3) is 0.600. The number of hydrogen-bond donors (Lipinski definition) is 1. The van der Waals surface area contributed by atoms with Gasteiger partial charge in [0, 0.05) is 50.2 Å². The largest absolute Gasteiger partial charge is 0.378 e. The van der Waals surface area contributed by atoms with E-state index in [0.29, 0.717) is 44.8 Å². The molecule has 0 radical (unpaired) electrons. The summed E-state index contributed by atoms with van der Waals surface area (Å²) in [5.74, 6) is -0.00851.